The van der Waals surface area contributed by atoms with E-state index in [1.807, 2.05) is 49.0 Å². The zero-order valence-electron chi connectivity index (χ0n) is 15.4. The van der Waals surface area contributed by atoms with Gasteiger partial charge in [-0.2, -0.15) is 5.10 Å². The number of benzene rings is 1. The lowest BCUT2D eigenvalue weighted by Gasteiger charge is -2.27. The van der Waals surface area contributed by atoms with Gasteiger partial charge < -0.3 is 11.1 Å². The summed E-state index contributed by atoms with van der Waals surface area (Å²) in [5.74, 6) is 0.699. The highest BCUT2D eigenvalue weighted by molar-refractivity contribution is 7.11. The Labute approximate surface area is 171 Å². The summed E-state index contributed by atoms with van der Waals surface area (Å²) in [6.07, 6.45) is 3.66. The second-order valence-electron chi connectivity index (χ2n) is 5.84. The fourth-order valence-electron chi connectivity index (χ4n) is 2.99. The molecule has 1 aliphatic heterocycles. The number of halogens is 2. The van der Waals surface area contributed by atoms with Gasteiger partial charge >= 0.3 is 0 Å². The minimum atomic E-state index is -0.308. The van der Waals surface area contributed by atoms with Gasteiger partial charge in [0.1, 0.15) is 6.04 Å². The lowest BCUT2D eigenvalue weighted by atomic mass is 9.93. The summed E-state index contributed by atoms with van der Waals surface area (Å²) >= 11 is 8.02. The average Bonchev–Trinajstić information content (AvgIpc) is 3.41. The first-order chi connectivity index (χ1) is 13.7. The molecule has 3 aromatic rings. The van der Waals surface area contributed by atoms with Crippen LogP contribution in [0.3, 0.4) is 0 Å². The van der Waals surface area contributed by atoms with Gasteiger partial charge in [-0.3, -0.25) is 14.1 Å². The van der Waals surface area contributed by atoms with Gasteiger partial charge in [0.25, 0.3) is 0 Å². The molecule has 3 N–H and O–H groups in total. The lowest BCUT2D eigenvalue weighted by Crippen LogP contribution is -2.34. The smallest absolute Gasteiger partial charge is 0.163 e. The molecule has 0 saturated carbocycles. The largest absolute Gasteiger partial charge is 0.340 e. The molecular formula is C19H20ClFN6S. The van der Waals surface area contributed by atoms with Crippen molar-refractivity contribution in [3.05, 3.63) is 75.1 Å². The van der Waals surface area contributed by atoms with Crippen LogP contribution in [0.1, 0.15) is 22.3 Å². The van der Waals surface area contributed by atoms with Gasteiger partial charge in [0, 0.05) is 47.7 Å². The van der Waals surface area contributed by atoms with Crippen LogP contribution in [0.4, 0.5) is 4.39 Å². The molecule has 4 rings (SSSR count). The number of alkyl halides is 1. The highest BCUT2D eigenvalue weighted by atomic mass is 35.5. The van der Waals surface area contributed by atoms with Crippen molar-refractivity contribution < 1.29 is 4.39 Å². The number of amidine groups is 1. The number of aryl methyl sites for hydroxylation is 1. The molecule has 0 saturated heterocycles. The maximum Gasteiger partial charge on any atom is 0.163 e. The van der Waals surface area contributed by atoms with Crippen LogP contribution < -0.4 is 11.1 Å². The third-order valence-corrected chi connectivity index (χ3v) is 5.28. The zero-order chi connectivity index (χ0) is 20.1. The van der Waals surface area contributed by atoms with Crippen molar-refractivity contribution in [3.63, 3.8) is 0 Å². The standard InChI is InChI=1S/C18H17ClN6S.CH3F/c1-25-8-6-13(24-25)15-14(10-20)22-17(18-21-7-9-26-18)23-16(15)11-4-2-3-5-12(11)19;1-2/h2-9,16H,10,20H2,1H3,(H,22,23);1H3. The number of nitrogens with two attached hydrogens (primary N) is 1. The summed E-state index contributed by atoms with van der Waals surface area (Å²) in [7, 11) is 2.39. The summed E-state index contributed by atoms with van der Waals surface area (Å²) in [5, 5.41) is 11.3. The molecule has 0 aliphatic carbocycles. The molecule has 0 radical (unpaired) electrons. The van der Waals surface area contributed by atoms with Crippen LogP contribution >= 0.6 is 22.9 Å². The van der Waals surface area contributed by atoms with E-state index in [0.717, 1.165) is 27.5 Å². The number of hydrogen-bond donors (Lipinski definition) is 2. The van der Waals surface area contributed by atoms with E-state index >= 15 is 0 Å². The Morgan fingerprint density at radius 2 is 2.07 bits per heavy atom. The van der Waals surface area contributed by atoms with Crippen molar-refractivity contribution in [1.29, 1.82) is 0 Å². The maximum absolute atomic E-state index is 9.50. The molecule has 0 fully saturated rings. The molecular weight excluding hydrogens is 399 g/mol. The number of aromatic nitrogens is 3. The molecule has 28 heavy (non-hydrogen) atoms. The van der Waals surface area contributed by atoms with Gasteiger partial charge in [-0.25, -0.2) is 4.98 Å². The van der Waals surface area contributed by atoms with Gasteiger partial charge in [0.05, 0.1) is 12.9 Å². The highest BCUT2D eigenvalue weighted by Crippen LogP contribution is 2.39. The van der Waals surface area contributed by atoms with E-state index in [4.69, 9.17) is 22.3 Å². The SMILES string of the molecule is CF.Cn1ccc(C2=C(CN)NC(c3nccs3)=NC2c2ccccc2Cl)n1. The molecule has 0 bridgehead atoms. The van der Waals surface area contributed by atoms with Gasteiger partial charge in [-0.15, -0.1) is 11.3 Å². The van der Waals surface area contributed by atoms with Gasteiger partial charge in [-0.05, 0) is 17.7 Å². The minimum absolute atomic E-state index is 0.308. The number of thiazole rings is 1. The molecule has 0 spiro atoms. The molecule has 2 aromatic heterocycles. The molecule has 146 valence electrons. The summed E-state index contributed by atoms with van der Waals surface area (Å²) in [6, 6.07) is 9.37. The van der Waals surface area contributed by atoms with E-state index in [1.165, 1.54) is 11.3 Å². The van der Waals surface area contributed by atoms with E-state index in [9.17, 15) is 4.39 Å². The lowest BCUT2D eigenvalue weighted by molar-refractivity contribution is 0.636. The Kier molecular flexibility index (Phi) is 6.56. The number of rotatable bonds is 4. The van der Waals surface area contributed by atoms with E-state index in [2.05, 4.69) is 15.4 Å². The third kappa shape index (κ3) is 3.99. The molecule has 1 unspecified atom stereocenters. The minimum Gasteiger partial charge on any atom is -0.340 e. The molecule has 9 heteroatoms. The van der Waals surface area contributed by atoms with Gasteiger partial charge in [0.15, 0.2) is 10.8 Å². The first-order valence-electron chi connectivity index (χ1n) is 8.47. The molecule has 1 aromatic carbocycles. The molecule has 1 aliphatic rings. The van der Waals surface area contributed by atoms with Crippen LogP contribution in [-0.4, -0.2) is 34.3 Å². The van der Waals surface area contributed by atoms with Crippen molar-refractivity contribution in [1.82, 2.24) is 20.1 Å². The predicted octanol–water partition coefficient (Wildman–Crippen LogP) is 3.58. The number of nitrogens with one attached hydrogen (secondary N) is 1. The normalized spacial score (nSPS) is 16.2. The first-order valence-corrected chi connectivity index (χ1v) is 9.73. The van der Waals surface area contributed by atoms with E-state index in [0.29, 0.717) is 24.6 Å². The summed E-state index contributed by atoms with van der Waals surface area (Å²) < 4.78 is 11.3. The van der Waals surface area contributed by atoms with Crippen LogP contribution in [0.25, 0.3) is 5.57 Å². The Hall–Kier alpha value is -2.55. The van der Waals surface area contributed by atoms with Crippen LogP contribution in [0.2, 0.25) is 5.02 Å². The Bertz CT molecular complexity index is 996. The van der Waals surface area contributed by atoms with Gasteiger partial charge in [-0.1, -0.05) is 29.8 Å². The molecule has 0 amide bonds. The summed E-state index contributed by atoms with van der Waals surface area (Å²) in [5.41, 5.74) is 9.61. The second-order valence-corrected chi connectivity index (χ2v) is 7.14. The molecule has 1 atom stereocenters. The fourth-order valence-corrected chi connectivity index (χ4v) is 3.81. The Balaban J connectivity index is 0.00000109. The second kappa shape index (κ2) is 9.09. The number of aliphatic imine (C=N–C) groups is 1. The quantitative estimate of drug-likeness (QED) is 0.678. The topological polar surface area (TPSA) is 81.1 Å². The monoisotopic (exact) mass is 418 g/mol. The van der Waals surface area contributed by atoms with Crippen molar-refractivity contribution in [2.24, 2.45) is 17.8 Å². The van der Waals surface area contributed by atoms with Gasteiger partial charge in [0.2, 0.25) is 0 Å². The highest BCUT2D eigenvalue weighted by Gasteiger charge is 2.30. The van der Waals surface area contributed by atoms with Crippen molar-refractivity contribution >= 4 is 34.3 Å². The summed E-state index contributed by atoms with van der Waals surface area (Å²) in [6.45, 7) is 0.331. The number of nitrogens with zero attached hydrogens (tertiary/aromatic N) is 4. The maximum atomic E-state index is 9.50. The Morgan fingerprint density at radius 3 is 2.68 bits per heavy atom. The van der Waals surface area contributed by atoms with E-state index < -0.39 is 0 Å². The van der Waals surface area contributed by atoms with Crippen LogP contribution in [-0.2, 0) is 7.05 Å². The first kappa shape index (κ1) is 20.2. The number of hydrogen-bond acceptors (Lipinski definition) is 6. The molecule has 6 nitrogen and oxygen atoms in total. The average molecular weight is 419 g/mol. The van der Waals surface area contributed by atoms with Crippen LogP contribution in [0, 0.1) is 0 Å². The fraction of sp³-hybridized carbons (Fsp3) is 0.211. The summed E-state index contributed by atoms with van der Waals surface area (Å²) in [4.78, 5) is 9.30. The Morgan fingerprint density at radius 1 is 1.29 bits per heavy atom. The predicted molar refractivity (Wildman–Crippen MR) is 112 cm³/mol. The van der Waals surface area contributed by atoms with Crippen molar-refractivity contribution in [2.75, 3.05) is 13.7 Å². The zero-order valence-corrected chi connectivity index (χ0v) is 17.0. The van der Waals surface area contributed by atoms with Crippen LogP contribution in [0.15, 0.2) is 58.8 Å². The van der Waals surface area contributed by atoms with Crippen LogP contribution in [0.5, 0.6) is 0 Å². The van der Waals surface area contributed by atoms with E-state index in [1.54, 1.807) is 10.9 Å². The van der Waals surface area contributed by atoms with Crippen molar-refractivity contribution in [2.45, 2.75) is 6.04 Å². The molecule has 3 heterocycles. The van der Waals surface area contributed by atoms with Crippen molar-refractivity contribution in [3.8, 4) is 0 Å². The third-order valence-electron chi connectivity index (χ3n) is 4.15. The van der Waals surface area contributed by atoms with E-state index in [-0.39, 0.29) is 6.04 Å².